The van der Waals surface area contributed by atoms with Gasteiger partial charge in [-0.1, -0.05) is 43.2 Å². The molecule has 0 N–H and O–H groups in total. The number of nitro benzene ring substituents is 1. The zero-order valence-corrected chi connectivity index (χ0v) is 18.5. The number of nitro groups is 1. The first-order chi connectivity index (χ1) is 14.3. The molecule has 1 aromatic carbocycles. The molecule has 1 amide bonds. The molecule has 1 saturated carbocycles. The van der Waals surface area contributed by atoms with Crippen molar-refractivity contribution < 1.29 is 14.1 Å². The van der Waals surface area contributed by atoms with E-state index in [1.807, 2.05) is 13.8 Å². The van der Waals surface area contributed by atoms with Crippen molar-refractivity contribution in [3.05, 3.63) is 56.2 Å². The first-order valence-electron chi connectivity index (χ1n) is 9.98. The van der Waals surface area contributed by atoms with E-state index in [0.717, 1.165) is 36.8 Å². The van der Waals surface area contributed by atoms with Gasteiger partial charge in [0.25, 0.3) is 11.6 Å². The van der Waals surface area contributed by atoms with Gasteiger partial charge in [-0.3, -0.25) is 19.8 Å². The van der Waals surface area contributed by atoms with Gasteiger partial charge in [0, 0.05) is 18.2 Å². The lowest BCUT2D eigenvalue weighted by atomic mass is 9.94. The summed E-state index contributed by atoms with van der Waals surface area (Å²) < 4.78 is 6.47. The van der Waals surface area contributed by atoms with Crippen molar-refractivity contribution in [1.82, 2.24) is 4.90 Å². The van der Waals surface area contributed by atoms with Crippen molar-refractivity contribution in [2.24, 2.45) is 0 Å². The van der Waals surface area contributed by atoms with Crippen LogP contribution in [0.25, 0.3) is 17.4 Å². The summed E-state index contributed by atoms with van der Waals surface area (Å²) in [7, 11) is 0. The fourth-order valence-corrected chi connectivity index (χ4v) is 5.37. The zero-order valence-electron chi connectivity index (χ0n) is 16.8. The normalized spacial score (nSPS) is 19.1. The van der Waals surface area contributed by atoms with Crippen LogP contribution in [0.1, 0.15) is 49.0 Å². The van der Waals surface area contributed by atoms with Gasteiger partial charge in [-0.2, -0.15) is 0 Å². The Bertz CT molecular complexity index is 1070. The molecule has 2 heterocycles. The SMILES string of the molecule is Cc1cc(-c2ccc(/C=C3/SC(=S)N(C4CCCCC4)C3=O)o2)c([N+](=O)[O-])cc1C. The molecule has 1 aromatic heterocycles. The van der Waals surface area contributed by atoms with Crippen LogP contribution in [0.4, 0.5) is 5.69 Å². The lowest BCUT2D eigenvalue weighted by Gasteiger charge is -2.29. The maximum absolute atomic E-state index is 12.9. The van der Waals surface area contributed by atoms with Crippen LogP contribution in [-0.4, -0.2) is 26.1 Å². The molecule has 1 saturated heterocycles. The van der Waals surface area contributed by atoms with Gasteiger partial charge in [0.1, 0.15) is 15.8 Å². The molecule has 156 valence electrons. The van der Waals surface area contributed by atoms with Crippen LogP contribution in [0.5, 0.6) is 0 Å². The molecule has 0 bridgehead atoms. The quantitative estimate of drug-likeness (QED) is 0.250. The fourth-order valence-electron chi connectivity index (χ4n) is 3.99. The first-order valence-corrected chi connectivity index (χ1v) is 11.2. The third-order valence-corrected chi connectivity index (χ3v) is 7.07. The minimum Gasteiger partial charge on any atom is -0.456 e. The van der Waals surface area contributed by atoms with Crippen LogP contribution in [0.2, 0.25) is 0 Å². The predicted octanol–water partition coefficient (Wildman–Crippen LogP) is 6.01. The summed E-state index contributed by atoms with van der Waals surface area (Å²) in [6.45, 7) is 3.75. The topological polar surface area (TPSA) is 76.6 Å². The van der Waals surface area contributed by atoms with Crippen molar-refractivity contribution in [3.63, 3.8) is 0 Å². The average Bonchev–Trinajstić information content (AvgIpc) is 3.28. The predicted molar refractivity (Wildman–Crippen MR) is 122 cm³/mol. The summed E-state index contributed by atoms with van der Waals surface area (Å²) in [6, 6.07) is 6.93. The maximum atomic E-state index is 12.9. The molecule has 1 aliphatic carbocycles. The third kappa shape index (κ3) is 3.94. The number of nitrogens with zero attached hydrogens (tertiary/aromatic N) is 2. The van der Waals surface area contributed by atoms with Crippen molar-refractivity contribution >= 4 is 46.0 Å². The van der Waals surface area contributed by atoms with Crippen LogP contribution in [-0.2, 0) is 4.79 Å². The Morgan fingerprint density at radius 3 is 2.60 bits per heavy atom. The smallest absolute Gasteiger partial charge is 0.280 e. The summed E-state index contributed by atoms with van der Waals surface area (Å²) in [4.78, 5) is 26.3. The highest BCUT2D eigenvalue weighted by Crippen LogP contribution is 2.38. The number of thioether (sulfide) groups is 1. The molecule has 6 nitrogen and oxygen atoms in total. The highest BCUT2D eigenvalue weighted by Gasteiger charge is 2.37. The number of aryl methyl sites for hydroxylation is 2. The molecule has 0 atom stereocenters. The van der Waals surface area contributed by atoms with Gasteiger partial charge >= 0.3 is 0 Å². The molecule has 2 aliphatic rings. The van der Waals surface area contributed by atoms with Gasteiger partial charge in [-0.25, -0.2) is 0 Å². The van der Waals surface area contributed by atoms with Gasteiger partial charge in [0.05, 0.1) is 15.4 Å². The number of benzene rings is 1. The minimum atomic E-state index is -0.404. The van der Waals surface area contributed by atoms with E-state index in [9.17, 15) is 14.9 Å². The van der Waals surface area contributed by atoms with Gasteiger partial charge in [0.2, 0.25) is 0 Å². The average molecular weight is 443 g/mol. The minimum absolute atomic E-state index is 0.00243. The van der Waals surface area contributed by atoms with E-state index in [2.05, 4.69) is 0 Å². The summed E-state index contributed by atoms with van der Waals surface area (Å²) in [5, 5.41) is 11.5. The monoisotopic (exact) mass is 442 g/mol. The summed E-state index contributed by atoms with van der Waals surface area (Å²) in [5.41, 5.74) is 2.23. The number of hydrogen-bond acceptors (Lipinski definition) is 6. The third-order valence-electron chi connectivity index (χ3n) is 5.74. The van der Waals surface area contributed by atoms with Gasteiger partial charge < -0.3 is 4.42 Å². The second kappa shape index (κ2) is 8.35. The number of carbonyl (C=O) groups excluding carboxylic acids is 1. The van der Waals surface area contributed by atoms with Gasteiger partial charge in [-0.05, 0) is 56.0 Å². The molecule has 0 unspecified atom stereocenters. The second-order valence-corrected chi connectivity index (χ2v) is 9.43. The standard InChI is InChI=1S/C22H22N2O4S2/c1-13-10-17(18(24(26)27)11-14(13)2)19-9-8-16(28-19)12-20-21(25)23(22(29)30-20)15-6-4-3-5-7-15/h8-12,15H,3-7H2,1-2H3/b20-12+. The molecular formula is C22H22N2O4S2. The fraction of sp³-hybridized carbons (Fsp3) is 0.364. The number of hydrogen-bond donors (Lipinski definition) is 0. The van der Waals surface area contributed by atoms with Gasteiger partial charge in [0.15, 0.2) is 0 Å². The van der Waals surface area contributed by atoms with Crippen molar-refractivity contribution in [2.75, 3.05) is 0 Å². The Labute approximate surface area is 184 Å². The van der Waals surface area contributed by atoms with Gasteiger partial charge in [-0.15, -0.1) is 0 Å². The summed E-state index contributed by atoms with van der Waals surface area (Å²) in [6.07, 6.45) is 7.11. The van der Waals surface area contributed by atoms with Crippen molar-refractivity contribution in [2.45, 2.75) is 52.0 Å². The Balaban J connectivity index is 1.62. The number of amides is 1. The van der Waals surface area contributed by atoms with Crippen LogP contribution >= 0.6 is 24.0 Å². The summed E-state index contributed by atoms with van der Waals surface area (Å²) in [5.74, 6) is 0.799. The van der Waals surface area contributed by atoms with E-state index in [1.54, 1.807) is 35.2 Å². The van der Waals surface area contributed by atoms with Crippen molar-refractivity contribution in [1.29, 1.82) is 0 Å². The zero-order chi connectivity index (χ0) is 21.4. The van der Waals surface area contributed by atoms with E-state index in [1.165, 1.54) is 18.2 Å². The maximum Gasteiger partial charge on any atom is 0.280 e. The van der Waals surface area contributed by atoms with Crippen molar-refractivity contribution in [3.8, 4) is 11.3 Å². The molecular weight excluding hydrogens is 420 g/mol. The van der Waals surface area contributed by atoms with E-state index in [-0.39, 0.29) is 17.6 Å². The lowest BCUT2D eigenvalue weighted by molar-refractivity contribution is -0.384. The number of rotatable bonds is 4. The Kier molecular flexibility index (Phi) is 5.79. The molecule has 0 radical (unpaired) electrons. The highest BCUT2D eigenvalue weighted by atomic mass is 32.2. The molecule has 1 aliphatic heterocycles. The lowest BCUT2D eigenvalue weighted by Crippen LogP contribution is -2.39. The molecule has 0 spiro atoms. The Morgan fingerprint density at radius 2 is 1.90 bits per heavy atom. The highest BCUT2D eigenvalue weighted by molar-refractivity contribution is 8.26. The molecule has 2 fully saturated rings. The second-order valence-electron chi connectivity index (χ2n) is 7.76. The van der Waals surface area contributed by atoms with Crippen LogP contribution in [0.3, 0.4) is 0 Å². The molecule has 4 rings (SSSR count). The van der Waals surface area contributed by atoms with Crippen LogP contribution in [0, 0.1) is 24.0 Å². The Hall–Kier alpha value is -2.45. The summed E-state index contributed by atoms with van der Waals surface area (Å²) >= 11 is 6.76. The molecule has 8 heteroatoms. The van der Waals surface area contributed by atoms with Crippen LogP contribution in [0.15, 0.2) is 33.6 Å². The molecule has 2 aromatic rings. The Morgan fingerprint density at radius 1 is 1.20 bits per heavy atom. The van der Waals surface area contributed by atoms with E-state index < -0.39 is 4.92 Å². The van der Waals surface area contributed by atoms with E-state index in [0.29, 0.717) is 26.3 Å². The molecule has 30 heavy (non-hydrogen) atoms. The first kappa shape index (κ1) is 20.8. The number of carbonyl (C=O) groups is 1. The largest absolute Gasteiger partial charge is 0.456 e. The number of thiocarbonyl (C=S) groups is 1. The van der Waals surface area contributed by atoms with E-state index in [4.69, 9.17) is 16.6 Å². The van der Waals surface area contributed by atoms with Crippen LogP contribution < -0.4 is 0 Å². The number of furan rings is 1. The van der Waals surface area contributed by atoms with E-state index >= 15 is 0 Å².